The minimum Gasteiger partial charge on any atom is -0.486 e. The molecule has 28 heavy (non-hydrogen) atoms. The Bertz CT molecular complexity index is 982. The van der Waals surface area contributed by atoms with Crippen molar-refractivity contribution in [2.24, 2.45) is 0 Å². The standard InChI is InChI=1S/C23H20N2O3/c26-23(24-20-8-9-21-22(16-20)28-15-14-27-21)17-25-12-10-19(11-13-25)7-6-18-4-2-1-3-5-18/h1-13,16H,14-15,17H2/p+1/b7-6+. The van der Waals surface area contributed by atoms with E-state index < -0.39 is 0 Å². The average Bonchev–Trinajstić information content (AvgIpc) is 2.74. The van der Waals surface area contributed by atoms with Gasteiger partial charge in [0.05, 0.1) is 0 Å². The topological polar surface area (TPSA) is 51.4 Å². The van der Waals surface area contributed by atoms with Crippen LogP contribution >= 0.6 is 0 Å². The zero-order chi connectivity index (χ0) is 19.2. The predicted octanol–water partition coefficient (Wildman–Crippen LogP) is 3.55. The summed E-state index contributed by atoms with van der Waals surface area (Å²) in [7, 11) is 0. The van der Waals surface area contributed by atoms with E-state index in [-0.39, 0.29) is 12.5 Å². The van der Waals surface area contributed by atoms with Crippen molar-refractivity contribution in [3.63, 3.8) is 0 Å². The molecule has 0 aliphatic carbocycles. The van der Waals surface area contributed by atoms with Crippen LogP contribution in [0.15, 0.2) is 73.1 Å². The number of fused-ring (bicyclic) bond motifs is 1. The SMILES string of the molecule is O=C(C[n+]1ccc(/C=C/c2ccccc2)cc1)Nc1ccc2c(c1)OCCO2. The molecule has 140 valence electrons. The number of aromatic nitrogens is 1. The summed E-state index contributed by atoms with van der Waals surface area (Å²) >= 11 is 0. The molecule has 0 radical (unpaired) electrons. The summed E-state index contributed by atoms with van der Waals surface area (Å²) in [6.07, 6.45) is 7.91. The third kappa shape index (κ3) is 4.57. The van der Waals surface area contributed by atoms with E-state index in [1.165, 1.54) is 0 Å². The summed E-state index contributed by atoms with van der Waals surface area (Å²) in [5, 5.41) is 2.89. The molecule has 1 aliphatic heterocycles. The molecular weight excluding hydrogens is 352 g/mol. The van der Waals surface area contributed by atoms with E-state index >= 15 is 0 Å². The third-order valence-corrected chi connectivity index (χ3v) is 4.34. The number of anilines is 1. The second kappa shape index (κ2) is 8.39. The summed E-state index contributed by atoms with van der Waals surface area (Å²) in [6, 6.07) is 19.5. The van der Waals surface area contributed by atoms with Gasteiger partial charge in [0.25, 0.3) is 5.91 Å². The number of nitrogens with zero attached hydrogens (tertiary/aromatic N) is 1. The number of carbonyl (C=O) groups is 1. The first-order valence-electron chi connectivity index (χ1n) is 9.18. The van der Waals surface area contributed by atoms with Gasteiger partial charge in [0.15, 0.2) is 23.9 Å². The van der Waals surface area contributed by atoms with Gasteiger partial charge >= 0.3 is 0 Å². The van der Waals surface area contributed by atoms with Crippen LogP contribution in [0.25, 0.3) is 12.2 Å². The highest BCUT2D eigenvalue weighted by Crippen LogP contribution is 2.32. The molecule has 1 amide bonds. The van der Waals surface area contributed by atoms with Crippen LogP contribution in [0, 0.1) is 0 Å². The Hall–Kier alpha value is -3.60. The fourth-order valence-corrected chi connectivity index (χ4v) is 2.93. The summed E-state index contributed by atoms with van der Waals surface area (Å²) in [4.78, 5) is 12.3. The van der Waals surface area contributed by atoms with Crippen LogP contribution in [0.2, 0.25) is 0 Å². The molecule has 0 saturated carbocycles. The molecule has 0 unspecified atom stereocenters. The lowest BCUT2D eigenvalue weighted by Gasteiger charge is -2.18. The molecule has 3 aromatic rings. The average molecular weight is 373 g/mol. The Morgan fingerprint density at radius 1 is 0.893 bits per heavy atom. The molecule has 1 aliphatic rings. The Balaban J connectivity index is 1.35. The van der Waals surface area contributed by atoms with Crippen LogP contribution in [0.3, 0.4) is 0 Å². The fraction of sp³-hybridized carbons (Fsp3) is 0.130. The second-order valence-electron chi connectivity index (χ2n) is 6.45. The van der Waals surface area contributed by atoms with E-state index in [2.05, 4.69) is 29.6 Å². The van der Waals surface area contributed by atoms with Gasteiger partial charge in [-0.15, -0.1) is 0 Å². The number of rotatable bonds is 5. The van der Waals surface area contributed by atoms with Gasteiger partial charge in [-0.2, -0.15) is 4.57 Å². The van der Waals surface area contributed by atoms with E-state index in [0.717, 1.165) is 11.1 Å². The molecule has 4 rings (SSSR count). The lowest BCUT2D eigenvalue weighted by Crippen LogP contribution is -2.39. The first-order valence-corrected chi connectivity index (χ1v) is 9.18. The molecule has 1 aromatic heterocycles. The van der Waals surface area contributed by atoms with E-state index in [1.54, 1.807) is 6.07 Å². The lowest BCUT2D eigenvalue weighted by atomic mass is 10.1. The van der Waals surface area contributed by atoms with E-state index in [1.807, 2.05) is 59.4 Å². The van der Waals surface area contributed by atoms with Crippen molar-refractivity contribution < 1.29 is 18.8 Å². The van der Waals surface area contributed by atoms with Crippen molar-refractivity contribution in [2.75, 3.05) is 18.5 Å². The number of benzene rings is 2. The van der Waals surface area contributed by atoms with E-state index in [0.29, 0.717) is 30.4 Å². The molecular formula is C23H21N2O3+. The summed E-state index contributed by atoms with van der Waals surface area (Å²) in [6.45, 7) is 1.30. The van der Waals surface area contributed by atoms with Gasteiger partial charge in [-0.3, -0.25) is 4.79 Å². The van der Waals surface area contributed by atoms with Crippen LogP contribution in [0.1, 0.15) is 11.1 Å². The van der Waals surface area contributed by atoms with E-state index in [9.17, 15) is 4.79 Å². The van der Waals surface area contributed by atoms with E-state index in [4.69, 9.17) is 9.47 Å². The molecule has 2 heterocycles. The van der Waals surface area contributed by atoms with Gasteiger partial charge in [0.2, 0.25) is 6.54 Å². The van der Waals surface area contributed by atoms with Gasteiger partial charge in [-0.05, 0) is 23.3 Å². The van der Waals surface area contributed by atoms with Gasteiger partial charge in [0.1, 0.15) is 13.2 Å². The number of pyridine rings is 1. The minimum atomic E-state index is -0.103. The van der Waals surface area contributed by atoms with Gasteiger partial charge in [0, 0.05) is 23.9 Å². The van der Waals surface area contributed by atoms with Gasteiger partial charge < -0.3 is 14.8 Å². The molecule has 2 aromatic carbocycles. The first-order chi connectivity index (χ1) is 13.8. The Kier molecular flexibility index (Phi) is 5.33. The Labute approximate surface area is 163 Å². The first kappa shape index (κ1) is 17.8. The molecule has 0 fully saturated rings. The second-order valence-corrected chi connectivity index (χ2v) is 6.45. The number of amides is 1. The quantitative estimate of drug-likeness (QED) is 0.696. The number of hydrogen-bond donors (Lipinski definition) is 1. The summed E-state index contributed by atoms with van der Waals surface area (Å²) in [5.41, 5.74) is 2.92. The highest BCUT2D eigenvalue weighted by Gasteiger charge is 2.14. The zero-order valence-corrected chi connectivity index (χ0v) is 15.4. The van der Waals surface area contributed by atoms with Crippen molar-refractivity contribution in [2.45, 2.75) is 6.54 Å². The number of carbonyl (C=O) groups excluding carboxylic acids is 1. The van der Waals surface area contributed by atoms with Crippen molar-refractivity contribution in [1.82, 2.24) is 0 Å². The lowest BCUT2D eigenvalue weighted by molar-refractivity contribution is -0.684. The highest BCUT2D eigenvalue weighted by atomic mass is 16.6. The summed E-state index contributed by atoms with van der Waals surface area (Å²) < 4.78 is 12.9. The maximum atomic E-state index is 12.3. The zero-order valence-electron chi connectivity index (χ0n) is 15.4. The molecule has 5 heteroatoms. The largest absolute Gasteiger partial charge is 0.486 e. The van der Waals surface area contributed by atoms with Crippen molar-refractivity contribution in [3.8, 4) is 11.5 Å². The van der Waals surface area contributed by atoms with Crippen LogP contribution < -0.4 is 19.4 Å². The van der Waals surface area contributed by atoms with Crippen LogP contribution in [0.5, 0.6) is 11.5 Å². The predicted molar refractivity (Wildman–Crippen MR) is 108 cm³/mol. The number of nitrogens with one attached hydrogen (secondary N) is 1. The van der Waals surface area contributed by atoms with Gasteiger partial charge in [-0.25, -0.2) is 0 Å². The van der Waals surface area contributed by atoms with Gasteiger partial charge in [-0.1, -0.05) is 42.5 Å². The van der Waals surface area contributed by atoms with Crippen LogP contribution in [-0.4, -0.2) is 19.1 Å². The molecule has 1 N–H and O–H groups in total. The Morgan fingerprint density at radius 2 is 1.57 bits per heavy atom. The van der Waals surface area contributed by atoms with Crippen molar-refractivity contribution >= 4 is 23.7 Å². The molecule has 0 spiro atoms. The van der Waals surface area contributed by atoms with Crippen molar-refractivity contribution in [1.29, 1.82) is 0 Å². The van der Waals surface area contributed by atoms with Crippen molar-refractivity contribution in [3.05, 3.63) is 84.2 Å². The molecule has 5 nitrogen and oxygen atoms in total. The number of hydrogen-bond acceptors (Lipinski definition) is 3. The number of ether oxygens (including phenoxy) is 2. The van der Waals surface area contributed by atoms with Crippen LogP contribution in [0.4, 0.5) is 5.69 Å². The minimum absolute atomic E-state index is 0.103. The fourth-order valence-electron chi connectivity index (χ4n) is 2.93. The monoisotopic (exact) mass is 373 g/mol. The maximum Gasteiger partial charge on any atom is 0.290 e. The summed E-state index contributed by atoms with van der Waals surface area (Å²) in [5.74, 6) is 1.26. The molecule has 0 bridgehead atoms. The van der Waals surface area contributed by atoms with Crippen LogP contribution in [-0.2, 0) is 11.3 Å². The highest BCUT2D eigenvalue weighted by molar-refractivity contribution is 5.90. The normalized spacial score (nSPS) is 12.7. The molecule has 0 saturated heterocycles. The Morgan fingerprint density at radius 3 is 2.32 bits per heavy atom. The smallest absolute Gasteiger partial charge is 0.290 e. The third-order valence-electron chi connectivity index (χ3n) is 4.34. The molecule has 0 atom stereocenters. The maximum absolute atomic E-state index is 12.3.